The molecule has 5 heteroatoms. The minimum Gasteiger partial charge on any atom is -0.468 e. The van der Waals surface area contributed by atoms with Crippen LogP contribution in [0.5, 0.6) is 5.75 Å². The van der Waals surface area contributed by atoms with Crippen molar-refractivity contribution in [1.82, 2.24) is 0 Å². The van der Waals surface area contributed by atoms with Crippen LogP contribution >= 0.6 is 0 Å². The summed E-state index contributed by atoms with van der Waals surface area (Å²) >= 11 is 0. The maximum atomic E-state index is 9.75. The van der Waals surface area contributed by atoms with Gasteiger partial charge < -0.3 is 19.5 Å². The average molecular weight is 368 g/mol. The van der Waals surface area contributed by atoms with Crippen LogP contribution in [0, 0.1) is 0 Å². The van der Waals surface area contributed by atoms with Crippen molar-refractivity contribution < 1.29 is 19.5 Å². The van der Waals surface area contributed by atoms with Gasteiger partial charge in [0, 0.05) is 12.6 Å². The molecule has 0 aliphatic heterocycles. The van der Waals surface area contributed by atoms with Gasteiger partial charge in [0.2, 0.25) is 0 Å². The summed E-state index contributed by atoms with van der Waals surface area (Å²) in [5.41, 5.74) is 5.42. The second-order valence-electron chi connectivity index (χ2n) is 8.71. The minimum atomic E-state index is -1.61. The lowest BCUT2D eigenvalue weighted by Crippen LogP contribution is -2.33. The summed E-state index contributed by atoms with van der Waals surface area (Å²) in [6, 6.07) is 12.1. The molecule has 4 nitrogen and oxygen atoms in total. The first-order valence-corrected chi connectivity index (χ1v) is 9.43. The Balaban J connectivity index is 2.06. The lowest BCUT2D eigenvalue weighted by Gasteiger charge is -2.42. The van der Waals surface area contributed by atoms with Crippen LogP contribution in [0.4, 0.5) is 0 Å². The van der Waals surface area contributed by atoms with Crippen LogP contribution < -0.4 is 10.2 Å². The fourth-order valence-corrected chi connectivity index (χ4v) is 3.95. The average Bonchev–Trinajstić information content (AvgIpc) is 2.63. The molecule has 0 aromatic heterocycles. The molecule has 2 aromatic carbocycles. The summed E-state index contributed by atoms with van der Waals surface area (Å²) in [4.78, 5) is 0. The van der Waals surface area contributed by atoms with E-state index in [1.807, 2.05) is 6.07 Å². The van der Waals surface area contributed by atoms with Crippen LogP contribution in [-0.2, 0) is 15.6 Å². The molecular weight excluding hydrogens is 339 g/mol. The molecule has 3 rings (SSSR count). The largest absolute Gasteiger partial charge is 0.492 e. The van der Waals surface area contributed by atoms with E-state index in [4.69, 9.17) is 9.47 Å². The lowest BCUT2D eigenvalue weighted by molar-refractivity contribution is 0.0517. The van der Waals surface area contributed by atoms with E-state index < -0.39 is 7.12 Å². The molecule has 0 spiro atoms. The zero-order valence-corrected chi connectivity index (χ0v) is 16.9. The fraction of sp³-hybridized carbons (Fsp3) is 0.455. The Morgan fingerprint density at radius 1 is 0.889 bits per heavy atom. The third-order valence-electron chi connectivity index (χ3n) is 5.81. The van der Waals surface area contributed by atoms with Gasteiger partial charge >= 0.3 is 7.12 Å². The standard InChI is InChI=1S/C22H29BO4/c1-21(2)10-11-22(3,4)18-12-15(6-8-17(18)21)16-7-9-20(27-14-26-5)19(13-16)23(24)25/h6-9,12-13,24-25H,10-11,14H2,1-5H3. The van der Waals surface area contributed by atoms with E-state index >= 15 is 0 Å². The van der Waals surface area contributed by atoms with Crippen LogP contribution in [0.15, 0.2) is 36.4 Å². The van der Waals surface area contributed by atoms with E-state index in [0.29, 0.717) is 11.2 Å². The predicted octanol–water partition coefficient (Wildman–Crippen LogP) is 3.37. The molecule has 0 amide bonds. The summed E-state index contributed by atoms with van der Waals surface area (Å²) in [6.45, 7) is 9.28. The SMILES string of the molecule is COCOc1ccc(-c2ccc3c(c2)C(C)(C)CCC3(C)C)cc1B(O)O. The van der Waals surface area contributed by atoms with E-state index in [9.17, 15) is 10.0 Å². The number of benzene rings is 2. The summed E-state index contributed by atoms with van der Waals surface area (Å²) in [6.07, 6.45) is 2.33. The summed E-state index contributed by atoms with van der Waals surface area (Å²) in [7, 11) is -0.0791. The zero-order chi connectivity index (χ0) is 19.8. The number of rotatable bonds is 5. The Labute approximate surface area is 162 Å². The molecule has 0 atom stereocenters. The van der Waals surface area contributed by atoms with E-state index in [0.717, 1.165) is 17.5 Å². The molecule has 0 bridgehead atoms. The highest BCUT2D eigenvalue weighted by Gasteiger charge is 2.37. The van der Waals surface area contributed by atoms with Gasteiger partial charge in [-0.05, 0) is 52.0 Å². The van der Waals surface area contributed by atoms with E-state index in [1.165, 1.54) is 24.7 Å². The highest BCUT2D eigenvalue weighted by molar-refractivity contribution is 6.59. The predicted molar refractivity (Wildman–Crippen MR) is 109 cm³/mol. The zero-order valence-electron chi connectivity index (χ0n) is 16.9. The Bertz CT molecular complexity index is 827. The van der Waals surface area contributed by atoms with Gasteiger partial charge in [0.15, 0.2) is 6.79 Å². The van der Waals surface area contributed by atoms with Crippen molar-refractivity contribution in [2.75, 3.05) is 13.9 Å². The molecule has 27 heavy (non-hydrogen) atoms. The normalized spacial score (nSPS) is 17.3. The minimum absolute atomic E-state index is 0.0567. The Kier molecular flexibility index (Phi) is 5.39. The number of methoxy groups -OCH3 is 1. The van der Waals surface area contributed by atoms with Crippen LogP contribution in [0.1, 0.15) is 51.7 Å². The third-order valence-corrected chi connectivity index (χ3v) is 5.81. The number of hydrogen-bond donors (Lipinski definition) is 2. The van der Waals surface area contributed by atoms with E-state index in [2.05, 4.69) is 45.9 Å². The van der Waals surface area contributed by atoms with Crippen LogP contribution in [0.3, 0.4) is 0 Å². The van der Waals surface area contributed by atoms with E-state index in [-0.39, 0.29) is 17.6 Å². The van der Waals surface area contributed by atoms with Crippen molar-refractivity contribution in [3.05, 3.63) is 47.5 Å². The van der Waals surface area contributed by atoms with Crippen LogP contribution in [0.2, 0.25) is 0 Å². The van der Waals surface area contributed by atoms with Crippen molar-refractivity contribution in [1.29, 1.82) is 0 Å². The lowest BCUT2D eigenvalue weighted by atomic mass is 9.63. The van der Waals surface area contributed by atoms with Gasteiger partial charge in [0.25, 0.3) is 0 Å². The number of fused-ring (bicyclic) bond motifs is 1. The molecule has 0 heterocycles. The van der Waals surface area contributed by atoms with Gasteiger partial charge in [0.05, 0.1) is 0 Å². The Morgan fingerprint density at radius 3 is 2.11 bits per heavy atom. The van der Waals surface area contributed by atoms with Crippen molar-refractivity contribution >= 4 is 12.6 Å². The summed E-state index contributed by atoms with van der Waals surface area (Å²) in [5.74, 6) is 0.412. The van der Waals surface area contributed by atoms with Gasteiger partial charge in [-0.25, -0.2) is 0 Å². The second kappa shape index (κ2) is 7.31. The molecule has 0 saturated heterocycles. The van der Waals surface area contributed by atoms with Gasteiger partial charge in [-0.3, -0.25) is 0 Å². The van der Waals surface area contributed by atoms with Crippen molar-refractivity contribution in [2.24, 2.45) is 0 Å². The third kappa shape index (κ3) is 3.91. The molecule has 1 aliphatic carbocycles. The molecule has 1 aliphatic rings. The molecule has 2 aromatic rings. The Morgan fingerprint density at radius 2 is 1.48 bits per heavy atom. The number of hydrogen-bond acceptors (Lipinski definition) is 4. The maximum Gasteiger partial charge on any atom is 0.492 e. The van der Waals surface area contributed by atoms with Crippen LogP contribution in [-0.4, -0.2) is 31.1 Å². The van der Waals surface area contributed by atoms with Crippen LogP contribution in [0.25, 0.3) is 11.1 Å². The molecular formula is C22H29BO4. The fourth-order valence-electron chi connectivity index (χ4n) is 3.95. The molecule has 0 unspecified atom stereocenters. The highest BCUT2D eigenvalue weighted by atomic mass is 16.7. The molecule has 0 radical (unpaired) electrons. The first-order valence-electron chi connectivity index (χ1n) is 9.43. The van der Waals surface area contributed by atoms with Crippen molar-refractivity contribution in [3.63, 3.8) is 0 Å². The Hall–Kier alpha value is -1.82. The van der Waals surface area contributed by atoms with Gasteiger partial charge in [0.1, 0.15) is 5.75 Å². The molecule has 2 N–H and O–H groups in total. The summed E-state index contributed by atoms with van der Waals surface area (Å²) < 4.78 is 10.4. The first-order chi connectivity index (χ1) is 12.7. The quantitative estimate of drug-likeness (QED) is 0.628. The maximum absolute atomic E-state index is 9.75. The number of ether oxygens (including phenoxy) is 2. The summed E-state index contributed by atoms with van der Waals surface area (Å²) in [5, 5.41) is 19.5. The van der Waals surface area contributed by atoms with E-state index in [1.54, 1.807) is 12.1 Å². The molecule has 144 valence electrons. The molecule has 0 fully saturated rings. The smallest absolute Gasteiger partial charge is 0.468 e. The second-order valence-corrected chi connectivity index (χ2v) is 8.71. The highest BCUT2D eigenvalue weighted by Crippen LogP contribution is 2.46. The molecule has 0 saturated carbocycles. The van der Waals surface area contributed by atoms with Crippen molar-refractivity contribution in [3.8, 4) is 16.9 Å². The first kappa shape index (κ1) is 19.9. The monoisotopic (exact) mass is 368 g/mol. The van der Waals surface area contributed by atoms with Gasteiger partial charge in [-0.1, -0.05) is 58.0 Å². The topological polar surface area (TPSA) is 58.9 Å². The van der Waals surface area contributed by atoms with Gasteiger partial charge in [-0.15, -0.1) is 0 Å². The van der Waals surface area contributed by atoms with Crippen molar-refractivity contribution in [2.45, 2.75) is 51.4 Å². The van der Waals surface area contributed by atoms with Gasteiger partial charge in [-0.2, -0.15) is 0 Å².